The van der Waals surface area contributed by atoms with Crippen LogP contribution in [0.15, 0.2) is 36.4 Å². The lowest BCUT2D eigenvalue weighted by molar-refractivity contribution is 0.881. The zero-order valence-electron chi connectivity index (χ0n) is 15.6. The first kappa shape index (κ1) is 18.7. The number of tetrazole rings is 1. The second kappa shape index (κ2) is 8.16. The van der Waals surface area contributed by atoms with Gasteiger partial charge in [0.2, 0.25) is 0 Å². The maximum absolute atomic E-state index is 6.09. The Bertz CT molecular complexity index is 1070. The van der Waals surface area contributed by atoms with E-state index in [9.17, 15) is 0 Å². The Morgan fingerprint density at radius 1 is 1.00 bits per heavy atom. The Hall–Kier alpha value is -2.64. The van der Waals surface area contributed by atoms with Crippen molar-refractivity contribution in [1.29, 1.82) is 0 Å². The van der Waals surface area contributed by atoms with Crippen molar-refractivity contribution in [1.82, 2.24) is 30.6 Å². The molecule has 0 bridgehead atoms. The predicted molar refractivity (Wildman–Crippen MR) is 111 cm³/mol. The third-order valence-corrected chi connectivity index (χ3v) is 5.82. The smallest absolute Gasteiger partial charge is 0.178 e. The minimum Gasteiger partial charge on any atom is -0.232 e. The first-order valence-corrected chi connectivity index (χ1v) is 10.2. The first-order chi connectivity index (χ1) is 13.6. The van der Waals surface area contributed by atoms with E-state index in [0.717, 1.165) is 44.8 Å². The molecule has 1 aromatic carbocycles. The minimum absolute atomic E-state index is 0.660. The van der Waals surface area contributed by atoms with Crippen molar-refractivity contribution in [3.8, 4) is 10.7 Å². The molecular weight excluding hydrogens is 392 g/mol. The second-order valence-electron chi connectivity index (χ2n) is 6.51. The van der Waals surface area contributed by atoms with Gasteiger partial charge < -0.3 is 0 Å². The largest absolute Gasteiger partial charge is 0.232 e. The molecule has 1 N–H and O–H groups in total. The molecule has 0 spiro atoms. The van der Waals surface area contributed by atoms with Gasteiger partial charge in [0.05, 0.1) is 14.9 Å². The van der Waals surface area contributed by atoms with Crippen LogP contribution in [0.3, 0.4) is 0 Å². The predicted octanol–water partition coefficient (Wildman–Crippen LogP) is 4.42. The van der Waals surface area contributed by atoms with Gasteiger partial charge in [-0.1, -0.05) is 48.0 Å². The molecular formula is C20H19ClN6S. The van der Waals surface area contributed by atoms with Crippen molar-refractivity contribution >= 4 is 22.9 Å². The SMILES string of the molecule is CCc1c(C)nc(-c2ccc(Cl)s2)nc1Cc1ccc(Cc2nn[nH]n2)cc1. The summed E-state index contributed by atoms with van der Waals surface area (Å²) in [6.45, 7) is 4.20. The molecule has 4 rings (SSSR count). The van der Waals surface area contributed by atoms with E-state index < -0.39 is 0 Å². The number of hydrogen-bond donors (Lipinski definition) is 1. The Morgan fingerprint density at radius 2 is 1.75 bits per heavy atom. The number of hydrogen-bond acceptors (Lipinski definition) is 6. The molecule has 3 aromatic heterocycles. The number of nitrogens with one attached hydrogen (secondary N) is 1. The average molecular weight is 411 g/mol. The molecule has 0 aliphatic carbocycles. The van der Waals surface area contributed by atoms with Crippen molar-refractivity contribution < 1.29 is 0 Å². The molecule has 3 heterocycles. The van der Waals surface area contributed by atoms with Crippen LogP contribution in [0.1, 0.15) is 40.8 Å². The number of aryl methyl sites for hydroxylation is 1. The summed E-state index contributed by atoms with van der Waals surface area (Å²) in [4.78, 5) is 10.6. The molecule has 0 amide bonds. The number of thiophene rings is 1. The molecule has 4 aromatic rings. The molecule has 0 radical (unpaired) electrons. The Kier molecular flexibility index (Phi) is 5.45. The van der Waals surface area contributed by atoms with Gasteiger partial charge in [0, 0.05) is 18.5 Å². The standard InChI is InChI=1S/C20H19ClN6S/c1-3-15-12(2)22-20(17-8-9-18(21)28-17)23-16(15)10-13-4-6-14(7-5-13)11-19-24-26-27-25-19/h4-9H,3,10-11H2,1-2H3,(H,24,25,26,27). The lowest BCUT2D eigenvalue weighted by Crippen LogP contribution is -2.05. The molecule has 0 aliphatic heterocycles. The van der Waals surface area contributed by atoms with E-state index in [4.69, 9.17) is 21.6 Å². The van der Waals surface area contributed by atoms with Gasteiger partial charge in [-0.3, -0.25) is 0 Å². The third kappa shape index (κ3) is 4.10. The second-order valence-corrected chi connectivity index (χ2v) is 8.23. The van der Waals surface area contributed by atoms with Gasteiger partial charge in [-0.05, 0) is 42.2 Å². The van der Waals surface area contributed by atoms with E-state index in [1.807, 2.05) is 12.1 Å². The number of aromatic nitrogens is 6. The molecule has 6 nitrogen and oxygen atoms in total. The minimum atomic E-state index is 0.660. The molecule has 0 aliphatic rings. The number of halogens is 1. The molecule has 0 atom stereocenters. The van der Waals surface area contributed by atoms with Crippen LogP contribution in [-0.2, 0) is 19.3 Å². The maximum Gasteiger partial charge on any atom is 0.178 e. The van der Waals surface area contributed by atoms with Crippen LogP contribution in [0.25, 0.3) is 10.7 Å². The summed E-state index contributed by atoms with van der Waals surface area (Å²) >= 11 is 7.59. The Labute approximate surface area is 172 Å². The number of benzene rings is 1. The fourth-order valence-corrected chi connectivity index (χ4v) is 4.19. The quantitative estimate of drug-likeness (QED) is 0.508. The highest BCUT2D eigenvalue weighted by Crippen LogP contribution is 2.30. The summed E-state index contributed by atoms with van der Waals surface area (Å²) in [5.41, 5.74) is 5.66. The number of nitrogens with zero attached hydrogens (tertiary/aromatic N) is 5. The van der Waals surface area contributed by atoms with E-state index in [1.54, 1.807) is 0 Å². The third-order valence-electron chi connectivity index (χ3n) is 4.59. The lowest BCUT2D eigenvalue weighted by Gasteiger charge is -2.12. The van der Waals surface area contributed by atoms with Gasteiger partial charge >= 0.3 is 0 Å². The summed E-state index contributed by atoms with van der Waals surface area (Å²) in [6.07, 6.45) is 2.33. The zero-order valence-corrected chi connectivity index (χ0v) is 17.2. The van der Waals surface area contributed by atoms with Crippen LogP contribution in [0.2, 0.25) is 4.34 Å². The molecule has 8 heteroatoms. The van der Waals surface area contributed by atoms with Gasteiger partial charge in [-0.15, -0.1) is 21.5 Å². The van der Waals surface area contributed by atoms with Gasteiger partial charge in [-0.25, -0.2) is 9.97 Å². The van der Waals surface area contributed by atoms with Gasteiger partial charge in [0.1, 0.15) is 0 Å². The van der Waals surface area contributed by atoms with Crippen molar-refractivity contribution in [3.63, 3.8) is 0 Å². The average Bonchev–Trinajstić information content (AvgIpc) is 3.35. The van der Waals surface area contributed by atoms with Crippen LogP contribution in [0, 0.1) is 6.92 Å². The van der Waals surface area contributed by atoms with Crippen molar-refractivity contribution in [2.24, 2.45) is 0 Å². The first-order valence-electron chi connectivity index (χ1n) is 9.04. The monoisotopic (exact) mass is 410 g/mol. The van der Waals surface area contributed by atoms with E-state index in [-0.39, 0.29) is 0 Å². The molecule has 142 valence electrons. The van der Waals surface area contributed by atoms with E-state index in [2.05, 4.69) is 58.7 Å². The lowest BCUT2D eigenvalue weighted by atomic mass is 10.0. The van der Waals surface area contributed by atoms with Crippen LogP contribution in [0.5, 0.6) is 0 Å². The van der Waals surface area contributed by atoms with E-state index >= 15 is 0 Å². The summed E-state index contributed by atoms with van der Waals surface area (Å²) < 4.78 is 0.745. The van der Waals surface area contributed by atoms with Crippen molar-refractivity contribution in [2.75, 3.05) is 0 Å². The summed E-state index contributed by atoms with van der Waals surface area (Å²) in [5.74, 6) is 1.43. The zero-order chi connectivity index (χ0) is 19.5. The fraction of sp³-hybridized carbons (Fsp3) is 0.250. The van der Waals surface area contributed by atoms with E-state index in [1.165, 1.54) is 22.5 Å². The Morgan fingerprint density at radius 3 is 2.36 bits per heavy atom. The van der Waals surface area contributed by atoms with Gasteiger partial charge in [0.15, 0.2) is 11.6 Å². The number of rotatable bonds is 6. The molecule has 28 heavy (non-hydrogen) atoms. The molecule has 0 saturated heterocycles. The van der Waals surface area contributed by atoms with Crippen LogP contribution in [0.4, 0.5) is 0 Å². The summed E-state index contributed by atoms with van der Waals surface area (Å²) in [5, 5.41) is 14.1. The number of H-pyrrole nitrogens is 1. The number of aromatic amines is 1. The summed E-state index contributed by atoms with van der Waals surface area (Å²) in [7, 11) is 0. The highest BCUT2D eigenvalue weighted by Gasteiger charge is 2.14. The fourth-order valence-electron chi connectivity index (χ4n) is 3.21. The van der Waals surface area contributed by atoms with E-state index in [0.29, 0.717) is 12.2 Å². The Balaban J connectivity index is 1.60. The molecule has 0 fully saturated rings. The normalized spacial score (nSPS) is 11.1. The van der Waals surface area contributed by atoms with Crippen LogP contribution in [-0.4, -0.2) is 30.6 Å². The highest BCUT2D eigenvalue weighted by molar-refractivity contribution is 7.19. The van der Waals surface area contributed by atoms with Gasteiger partial charge in [0.25, 0.3) is 0 Å². The highest BCUT2D eigenvalue weighted by atomic mass is 35.5. The van der Waals surface area contributed by atoms with Crippen LogP contribution < -0.4 is 0 Å². The van der Waals surface area contributed by atoms with Crippen molar-refractivity contribution in [2.45, 2.75) is 33.1 Å². The molecule has 0 saturated carbocycles. The van der Waals surface area contributed by atoms with Crippen molar-refractivity contribution in [3.05, 3.63) is 74.6 Å². The topological polar surface area (TPSA) is 80.2 Å². The molecule has 0 unspecified atom stereocenters. The van der Waals surface area contributed by atoms with Crippen LogP contribution >= 0.6 is 22.9 Å². The van der Waals surface area contributed by atoms with Gasteiger partial charge in [-0.2, -0.15) is 5.21 Å². The maximum atomic E-state index is 6.09. The summed E-state index contributed by atoms with van der Waals surface area (Å²) in [6, 6.07) is 12.3.